The molecule has 19 aromatic rings. The number of para-hydroxylation sites is 3. The summed E-state index contributed by atoms with van der Waals surface area (Å²) in [4.78, 5) is 16.3. The van der Waals surface area contributed by atoms with Crippen LogP contribution in [-0.4, -0.2) is 72.2 Å². The van der Waals surface area contributed by atoms with Crippen molar-refractivity contribution >= 4 is 167 Å². The summed E-state index contributed by atoms with van der Waals surface area (Å²) in [5.41, 5.74) is 12.8. The standard InChI is InChI=1S/C75H42N6Se3/c1-3-19-43(20-4-1)73-76-74(44-21-5-2-6-22-44)78-75(77-73)45-41-61(79-55-29-13-7-26-52(55)66-58(79)38-35-49-46-23-10-16-32-63(46)82-70(49)66)69(81-57-31-15-9-28-54(57)68-60(81)40-37-51-48-25-12-18-34-65(48)84-72(51)68)62(42-45)80-56-30-14-8-27-53(56)67-59(80)39-36-50-47-24-11-17-33-64(47)83-71(50)67/h1-42H. The van der Waals surface area contributed by atoms with E-state index in [1.165, 1.54) is 107 Å². The van der Waals surface area contributed by atoms with Gasteiger partial charge >= 0.3 is 465 Å². The zero-order valence-electron chi connectivity index (χ0n) is 44.7. The molecule has 84 heavy (non-hydrogen) atoms. The molecule has 0 N–H and O–H groups in total. The minimum Gasteiger partial charge on any atom is -0.0615 e. The molecule has 7 heterocycles. The van der Waals surface area contributed by atoms with Crippen molar-refractivity contribution in [3.63, 3.8) is 0 Å². The Morgan fingerprint density at radius 3 is 0.940 bits per heavy atom. The van der Waals surface area contributed by atoms with Crippen molar-refractivity contribution < 1.29 is 0 Å². The maximum atomic E-state index is 5.54. The van der Waals surface area contributed by atoms with Crippen molar-refractivity contribution in [2.75, 3.05) is 0 Å². The first-order valence-electron chi connectivity index (χ1n) is 28.3. The third-order valence-corrected chi connectivity index (χ3v) is 24.9. The van der Waals surface area contributed by atoms with Crippen LogP contribution in [0.3, 0.4) is 0 Å². The Morgan fingerprint density at radius 1 is 0.238 bits per heavy atom. The molecule has 0 atom stereocenters. The number of hydrogen-bond donors (Lipinski definition) is 0. The van der Waals surface area contributed by atoms with Crippen molar-refractivity contribution in [1.82, 2.24) is 28.7 Å². The average molecular weight is 1260 g/mol. The second-order valence-electron chi connectivity index (χ2n) is 21.8. The van der Waals surface area contributed by atoms with Crippen molar-refractivity contribution in [3.05, 3.63) is 255 Å². The van der Waals surface area contributed by atoms with Crippen LogP contribution in [0.2, 0.25) is 0 Å². The predicted octanol–water partition coefficient (Wildman–Crippen LogP) is 18.3. The van der Waals surface area contributed by atoms with E-state index in [0.717, 1.165) is 50.3 Å². The number of benzene rings is 12. The molecule has 7 aromatic heterocycles. The Hall–Kier alpha value is -9.39. The fourth-order valence-electron chi connectivity index (χ4n) is 13.7. The summed E-state index contributed by atoms with van der Waals surface area (Å²) in [6.07, 6.45) is 0. The molecule has 0 unspecified atom stereocenters. The fraction of sp³-hybridized carbons (Fsp3) is 0. The first kappa shape index (κ1) is 47.1. The molecule has 0 aliphatic rings. The van der Waals surface area contributed by atoms with Crippen LogP contribution < -0.4 is 0 Å². The van der Waals surface area contributed by atoms with Gasteiger partial charge in [-0.2, -0.15) is 0 Å². The number of nitrogens with zero attached hydrogens (tertiary/aromatic N) is 6. The van der Waals surface area contributed by atoms with Crippen LogP contribution in [0.1, 0.15) is 0 Å². The first-order chi connectivity index (χ1) is 41.7. The van der Waals surface area contributed by atoms with E-state index >= 15 is 0 Å². The van der Waals surface area contributed by atoms with Gasteiger partial charge in [0.1, 0.15) is 0 Å². The van der Waals surface area contributed by atoms with E-state index in [2.05, 4.69) is 256 Å². The van der Waals surface area contributed by atoms with Gasteiger partial charge in [0.15, 0.2) is 0 Å². The summed E-state index contributed by atoms with van der Waals surface area (Å²) in [6, 6.07) is 94.4. The van der Waals surface area contributed by atoms with E-state index in [1.807, 2.05) is 12.1 Å². The monoisotopic (exact) mass is 1270 g/mol. The number of rotatable bonds is 6. The van der Waals surface area contributed by atoms with Gasteiger partial charge in [0, 0.05) is 0 Å². The van der Waals surface area contributed by atoms with Crippen molar-refractivity contribution in [3.8, 4) is 51.2 Å². The quantitative estimate of drug-likeness (QED) is 0.156. The summed E-state index contributed by atoms with van der Waals surface area (Å²) >= 11 is 0.292. The van der Waals surface area contributed by atoms with Crippen LogP contribution in [0.5, 0.6) is 0 Å². The van der Waals surface area contributed by atoms with Gasteiger partial charge in [-0.05, 0) is 0 Å². The van der Waals surface area contributed by atoms with Gasteiger partial charge < -0.3 is 0 Å². The van der Waals surface area contributed by atoms with Gasteiger partial charge in [0.2, 0.25) is 0 Å². The summed E-state index contributed by atoms with van der Waals surface area (Å²) in [7, 11) is 0. The zero-order chi connectivity index (χ0) is 54.7. The summed E-state index contributed by atoms with van der Waals surface area (Å²) in [6.45, 7) is 0. The van der Waals surface area contributed by atoms with Crippen LogP contribution in [0, 0.1) is 0 Å². The smallest absolute Gasteiger partial charge is 0.0615 e. The van der Waals surface area contributed by atoms with E-state index in [1.54, 1.807) is 0 Å². The second kappa shape index (κ2) is 18.1. The Bertz CT molecular complexity index is 5730. The molecule has 0 saturated carbocycles. The molecule has 6 nitrogen and oxygen atoms in total. The maximum absolute atomic E-state index is 5.54. The Kier molecular flexibility index (Phi) is 10.1. The molecule has 12 aromatic carbocycles. The third-order valence-electron chi connectivity index (χ3n) is 17.3. The molecule has 0 amide bonds. The molecule has 0 spiro atoms. The van der Waals surface area contributed by atoms with Gasteiger partial charge in [-0.1, -0.05) is 36.4 Å². The van der Waals surface area contributed by atoms with Crippen LogP contribution in [0.4, 0.5) is 0 Å². The SMILES string of the molecule is c1ccc(-c2nc(-c3ccccc3)nc(-c3cc(-n4c5ccccc5c5c6[se]c7ccccc7c6ccc54)c(-n4c5ccccc5c5c6[se]c7ccccc7c6ccc54)c(-n4c5ccccc5c5c6[se]c7ccccc7c6ccc54)c3)n2)cc1. The topological polar surface area (TPSA) is 53.5 Å². The Labute approximate surface area is 497 Å². The van der Waals surface area contributed by atoms with Gasteiger partial charge in [0.25, 0.3) is 0 Å². The Morgan fingerprint density at radius 2 is 0.548 bits per heavy atom. The number of hydrogen-bond acceptors (Lipinski definition) is 3. The van der Waals surface area contributed by atoms with Crippen molar-refractivity contribution in [1.29, 1.82) is 0 Å². The minimum absolute atomic E-state index is 0.0969. The molecule has 19 rings (SSSR count). The Balaban J connectivity index is 1.05. The number of fused-ring (bicyclic) bond motifs is 21. The van der Waals surface area contributed by atoms with Crippen molar-refractivity contribution in [2.45, 2.75) is 0 Å². The summed E-state index contributed by atoms with van der Waals surface area (Å²) in [5.74, 6) is 1.83. The molecule has 0 aliphatic heterocycles. The van der Waals surface area contributed by atoms with Crippen LogP contribution >= 0.6 is 0 Å². The van der Waals surface area contributed by atoms with Crippen molar-refractivity contribution in [2.24, 2.45) is 0 Å². The first-order valence-corrected chi connectivity index (χ1v) is 33.4. The third kappa shape index (κ3) is 6.71. The number of aromatic nitrogens is 6. The van der Waals surface area contributed by atoms with Gasteiger partial charge in [0.05, 0.1) is 0 Å². The molecular formula is C75H42N6Se3. The summed E-state index contributed by atoms with van der Waals surface area (Å²) < 4.78 is 16.4. The van der Waals surface area contributed by atoms with E-state index in [0.29, 0.717) is 17.5 Å². The molecule has 0 bridgehead atoms. The molecule has 0 fully saturated rings. The second-order valence-corrected chi connectivity index (χ2v) is 28.4. The molecule has 0 saturated heterocycles. The molecule has 390 valence electrons. The summed E-state index contributed by atoms with van der Waals surface area (Å²) in [5, 5.41) is 15.7. The molecular weight excluding hydrogens is 1220 g/mol. The van der Waals surface area contributed by atoms with Gasteiger partial charge in [-0.15, -0.1) is 0 Å². The molecule has 0 aliphatic carbocycles. The van der Waals surface area contributed by atoms with E-state index in [-0.39, 0.29) is 43.5 Å². The van der Waals surface area contributed by atoms with Gasteiger partial charge in [-0.25, -0.2) is 0 Å². The van der Waals surface area contributed by atoms with Crippen LogP contribution in [0.25, 0.3) is 175 Å². The van der Waals surface area contributed by atoms with Crippen LogP contribution in [0.15, 0.2) is 255 Å². The molecule has 0 radical (unpaired) electrons. The normalized spacial score (nSPS) is 12.3. The van der Waals surface area contributed by atoms with Gasteiger partial charge in [-0.3, -0.25) is 0 Å². The fourth-order valence-corrected chi connectivity index (χ4v) is 21.6. The average Bonchev–Trinajstić information content (AvgIpc) is 3.20. The van der Waals surface area contributed by atoms with E-state index < -0.39 is 0 Å². The van der Waals surface area contributed by atoms with E-state index in [9.17, 15) is 0 Å². The van der Waals surface area contributed by atoms with Crippen LogP contribution in [-0.2, 0) is 0 Å². The predicted molar refractivity (Wildman–Crippen MR) is 355 cm³/mol. The van der Waals surface area contributed by atoms with E-state index in [4.69, 9.17) is 15.0 Å². The zero-order valence-corrected chi connectivity index (χ0v) is 49.8. The minimum atomic E-state index is 0.0969. The molecule has 9 heteroatoms.